The fourth-order valence-corrected chi connectivity index (χ4v) is 0. The molecule has 0 spiro atoms. The van der Waals surface area contributed by atoms with Crippen molar-refractivity contribution < 1.29 is 14.3 Å². The van der Waals surface area contributed by atoms with Crippen molar-refractivity contribution in [2.75, 3.05) is 13.2 Å². The zero-order valence-electron chi connectivity index (χ0n) is 7.22. The zero-order valence-corrected chi connectivity index (χ0v) is 10.2. The van der Waals surface area contributed by atoms with Gasteiger partial charge in [-0.2, -0.15) is 0 Å². The molecule has 64 valence electrons. The largest absolute Gasteiger partial charge is 0.464 e. The molecule has 0 aliphatic rings. The fourth-order valence-electron chi connectivity index (χ4n) is 0. The van der Waals surface area contributed by atoms with Crippen molar-refractivity contribution >= 4 is 18.8 Å². The van der Waals surface area contributed by atoms with Gasteiger partial charge in [0, 0.05) is 0 Å². The molecule has 0 rings (SSSR count). The van der Waals surface area contributed by atoms with E-state index in [0.717, 1.165) is 10.5 Å². The highest BCUT2D eigenvalue weighted by Crippen LogP contribution is 1.96. The summed E-state index contributed by atoms with van der Waals surface area (Å²) in [6.07, 6.45) is 0. The average molecular weight is 182 g/mol. The summed E-state index contributed by atoms with van der Waals surface area (Å²) in [4.78, 5) is 0. The molecule has 0 fully saturated rings. The quantitative estimate of drug-likeness (QED) is 0.544. The molecule has 0 aromatic heterocycles. The minimum absolute atomic E-state index is 0.125. The molecule has 0 aromatic carbocycles. The molecule has 0 saturated carbocycles. The molecule has 0 saturated heterocycles. The Morgan fingerprint density at radius 3 is 1.40 bits per heavy atom. The molecule has 0 atom stereocenters. The number of hydrogen-bond donors (Lipinski definition) is 2. The van der Waals surface area contributed by atoms with Gasteiger partial charge in [0.2, 0.25) is 0 Å². The van der Waals surface area contributed by atoms with Crippen molar-refractivity contribution in [3.63, 3.8) is 0 Å². The van der Waals surface area contributed by atoms with E-state index in [1.54, 1.807) is 0 Å². The van der Waals surface area contributed by atoms with E-state index in [4.69, 9.17) is 14.3 Å². The van der Waals surface area contributed by atoms with Gasteiger partial charge in [-0.25, -0.2) is 0 Å². The lowest BCUT2D eigenvalue weighted by Crippen LogP contribution is -2.23. The van der Waals surface area contributed by atoms with Crippen LogP contribution in [0.3, 0.4) is 0 Å². The molecule has 0 amide bonds. The first-order valence-corrected chi connectivity index (χ1v) is 7.47. The Morgan fingerprint density at radius 1 is 1.20 bits per heavy atom. The Kier molecular flexibility index (Phi) is 9.61. The molecule has 0 bridgehead atoms. The zero-order chi connectivity index (χ0) is 8.62. The predicted octanol–water partition coefficient (Wildman–Crippen LogP) is -0.911. The Morgan fingerprint density at radius 2 is 1.40 bits per heavy atom. The summed E-state index contributed by atoms with van der Waals surface area (Å²) in [6, 6.07) is 0. The maximum atomic E-state index is 7.62. The van der Waals surface area contributed by atoms with Gasteiger partial charge in [-0.3, -0.25) is 0 Å². The first-order chi connectivity index (χ1) is 4.47. The summed E-state index contributed by atoms with van der Waals surface area (Å²) in [5.41, 5.74) is 0. The molecule has 0 aromatic rings. The first-order valence-electron chi connectivity index (χ1n) is 3.24. The lowest BCUT2D eigenvalue weighted by Gasteiger charge is -2.11. The molecular weight excluding hydrogens is 164 g/mol. The molecule has 5 heteroatoms. The van der Waals surface area contributed by atoms with Gasteiger partial charge in [0.25, 0.3) is 0 Å². The fraction of sp³-hybridized carbons (Fsp3) is 1.00. The predicted molar refractivity (Wildman–Crippen MR) is 48.5 cm³/mol. The molecule has 0 unspecified atom stereocenters. The Labute approximate surface area is 66.7 Å². The maximum Gasteiger partial charge on any atom is 0.169 e. The summed E-state index contributed by atoms with van der Waals surface area (Å²) in [5, 5.41) is 15.2. The van der Waals surface area contributed by atoms with E-state index in [0.29, 0.717) is 0 Å². The summed E-state index contributed by atoms with van der Waals surface area (Å²) >= 11 is 0. The number of hydrogen-bond acceptors (Lipinski definition) is 3. The molecular formula is C5H18O3Si2. The van der Waals surface area contributed by atoms with E-state index in [9.17, 15) is 0 Å². The van der Waals surface area contributed by atoms with E-state index in [1.807, 2.05) is 0 Å². The second-order valence-corrected chi connectivity index (χ2v) is 8.62. The lowest BCUT2D eigenvalue weighted by molar-refractivity contribution is 0.186. The van der Waals surface area contributed by atoms with E-state index < -0.39 is 8.32 Å². The third kappa shape index (κ3) is 23.9. The summed E-state index contributed by atoms with van der Waals surface area (Å²) in [5.74, 6) is 0. The SMILES string of the molecule is C[Si](C)(C)O[SiH3].OCCO. The van der Waals surface area contributed by atoms with Crippen LogP contribution in [0.15, 0.2) is 0 Å². The van der Waals surface area contributed by atoms with Crippen LogP contribution >= 0.6 is 0 Å². The third-order valence-corrected chi connectivity index (χ3v) is 5.61. The van der Waals surface area contributed by atoms with Crippen molar-refractivity contribution in [3.05, 3.63) is 0 Å². The van der Waals surface area contributed by atoms with Crippen molar-refractivity contribution in [1.82, 2.24) is 0 Å². The number of rotatable bonds is 2. The third-order valence-electron chi connectivity index (χ3n) is 0.712. The van der Waals surface area contributed by atoms with Gasteiger partial charge < -0.3 is 14.3 Å². The van der Waals surface area contributed by atoms with Crippen molar-refractivity contribution in [3.8, 4) is 0 Å². The van der Waals surface area contributed by atoms with Crippen LogP contribution in [0.25, 0.3) is 0 Å². The number of aliphatic hydroxyl groups is 2. The van der Waals surface area contributed by atoms with Gasteiger partial charge in [0.1, 0.15) is 10.5 Å². The number of aliphatic hydroxyl groups excluding tert-OH is 2. The standard InChI is InChI=1S/C3H12OSi2.C2H6O2/c1-6(2,3)4-5;3-1-2-4/h1-3,5H3;3-4H,1-2H2. The summed E-state index contributed by atoms with van der Waals surface area (Å²) in [7, 11) is -0.160. The van der Waals surface area contributed by atoms with Gasteiger partial charge in [-0.15, -0.1) is 0 Å². The Bertz CT molecular complexity index is 60.4. The van der Waals surface area contributed by atoms with Crippen molar-refractivity contribution in [2.24, 2.45) is 0 Å². The molecule has 0 radical (unpaired) electrons. The van der Waals surface area contributed by atoms with Crippen LogP contribution < -0.4 is 0 Å². The van der Waals surface area contributed by atoms with Gasteiger partial charge in [0.05, 0.1) is 13.2 Å². The molecule has 10 heavy (non-hydrogen) atoms. The van der Waals surface area contributed by atoms with Crippen LogP contribution in [0.2, 0.25) is 19.6 Å². The van der Waals surface area contributed by atoms with Gasteiger partial charge in [-0.05, 0) is 19.6 Å². The van der Waals surface area contributed by atoms with Gasteiger partial charge in [0.15, 0.2) is 8.32 Å². The van der Waals surface area contributed by atoms with Crippen molar-refractivity contribution in [2.45, 2.75) is 19.6 Å². The normalized spacial score (nSPS) is 10.5. The van der Waals surface area contributed by atoms with Crippen LogP contribution in [0.1, 0.15) is 0 Å². The molecule has 3 nitrogen and oxygen atoms in total. The van der Waals surface area contributed by atoms with Gasteiger partial charge >= 0.3 is 0 Å². The highest BCUT2D eigenvalue weighted by atomic mass is 28.4. The van der Waals surface area contributed by atoms with Crippen molar-refractivity contribution in [1.29, 1.82) is 0 Å². The van der Waals surface area contributed by atoms with Crippen LogP contribution in [-0.4, -0.2) is 42.2 Å². The Hall–Kier alpha value is 0.314. The highest BCUT2D eigenvalue weighted by molar-refractivity contribution is 6.72. The van der Waals surface area contributed by atoms with E-state index in [-0.39, 0.29) is 13.2 Å². The van der Waals surface area contributed by atoms with E-state index in [1.165, 1.54) is 0 Å². The smallest absolute Gasteiger partial charge is 0.169 e. The average Bonchev–Trinajstić information content (AvgIpc) is 1.87. The molecule has 0 aliphatic heterocycles. The Balaban J connectivity index is 0. The van der Waals surface area contributed by atoms with Crippen LogP contribution in [0.5, 0.6) is 0 Å². The molecule has 0 aliphatic carbocycles. The topological polar surface area (TPSA) is 49.7 Å². The molecule has 0 heterocycles. The second kappa shape index (κ2) is 7.42. The first kappa shape index (κ1) is 12.9. The molecule has 2 N–H and O–H groups in total. The van der Waals surface area contributed by atoms with Gasteiger partial charge in [-0.1, -0.05) is 0 Å². The van der Waals surface area contributed by atoms with E-state index in [2.05, 4.69) is 19.6 Å². The highest BCUT2D eigenvalue weighted by Gasteiger charge is 2.08. The minimum Gasteiger partial charge on any atom is -0.464 e. The summed E-state index contributed by atoms with van der Waals surface area (Å²) in [6.45, 7) is 6.33. The van der Waals surface area contributed by atoms with Crippen LogP contribution in [0, 0.1) is 0 Å². The lowest BCUT2D eigenvalue weighted by atomic mass is 10.8. The monoisotopic (exact) mass is 182 g/mol. The van der Waals surface area contributed by atoms with Crippen LogP contribution in [-0.2, 0) is 4.12 Å². The second-order valence-electron chi connectivity index (χ2n) is 2.76. The minimum atomic E-state index is -1.07. The maximum absolute atomic E-state index is 7.62. The van der Waals surface area contributed by atoms with E-state index >= 15 is 0 Å². The summed E-state index contributed by atoms with van der Waals surface area (Å²) < 4.78 is 5.22. The van der Waals surface area contributed by atoms with Crippen LogP contribution in [0.4, 0.5) is 0 Å².